The van der Waals surface area contributed by atoms with Gasteiger partial charge in [0.1, 0.15) is 11.7 Å². The number of alkyl halides is 3. The number of hydrogen-bond acceptors (Lipinski definition) is 6. The molecule has 9 heteroatoms. The van der Waals surface area contributed by atoms with Crippen LogP contribution < -0.4 is 15.2 Å². The summed E-state index contributed by atoms with van der Waals surface area (Å²) >= 11 is 0. The van der Waals surface area contributed by atoms with Gasteiger partial charge < -0.3 is 19.9 Å². The van der Waals surface area contributed by atoms with E-state index < -0.39 is 34.9 Å². The Balaban J connectivity index is 1.83. The fraction of sp³-hybridized carbons (Fsp3) is 0.684. The average Bonchev–Trinajstić information content (AvgIpc) is 2.55. The second-order valence-corrected chi connectivity index (χ2v) is 8.68. The predicted molar refractivity (Wildman–Crippen MR) is 93.6 cm³/mol. The zero-order valence-corrected chi connectivity index (χ0v) is 16.1. The third-order valence-corrected chi connectivity index (χ3v) is 5.41. The summed E-state index contributed by atoms with van der Waals surface area (Å²) < 4.78 is 53.3. The highest BCUT2D eigenvalue weighted by Crippen LogP contribution is 2.53. The molecule has 28 heavy (non-hydrogen) atoms. The van der Waals surface area contributed by atoms with Crippen molar-refractivity contribution in [2.75, 3.05) is 0 Å². The summed E-state index contributed by atoms with van der Waals surface area (Å²) in [4.78, 5) is 16.5. The van der Waals surface area contributed by atoms with Crippen molar-refractivity contribution >= 4 is 5.97 Å². The Hall–Kier alpha value is -2.03. The van der Waals surface area contributed by atoms with Crippen molar-refractivity contribution in [1.82, 2.24) is 4.98 Å². The van der Waals surface area contributed by atoms with Gasteiger partial charge in [-0.25, -0.2) is 4.98 Å². The number of carbonyl (C=O) groups excluding carboxylic acids is 1. The SMILES string of the molecule is CC(C)(C)OC(=O)C12CCC(N)(CC1)C(Oc1cccnc1OC(F)(F)F)C2. The van der Waals surface area contributed by atoms with Gasteiger partial charge in [-0.05, 0) is 58.6 Å². The third kappa shape index (κ3) is 4.34. The molecule has 3 fully saturated rings. The van der Waals surface area contributed by atoms with Gasteiger partial charge in [0, 0.05) is 12.6 Å². The number of hydrogen-bond donors (Lipinski definition) is 1. The minimum absolute atomic E-state index is 0.151. The summed E-state index contributed by atoms with van der Waals surface area (Å²) in [5.41, 5.74) is 4.39. The number of ether oxygens (including phenoxy) is 3. The zero-order chi connectivity index (χ0) is 20.8. The second kappa shape index (κ2) is 6.79. The summed E-state index contributed by atoms with van der Waals surface area (Å²) in [5.74, 6) is -1.14. The molecule has 156 valence electrons. The fourth-order valence-electron chi connectivity index (χ4n) is 3.92. The third-order valence-electron chi connectivity index (χ3n) is 5.41. The van der Waals surface area contributed by atoms with Crippen LogP contribution in [0.2, 0.25) is 0 Å². The molecule has 2 bridgehead atoms. The highest BCUT2D eigenvalue weighted by atomic mass is 19.4. The maximum atomic E-state index is 12.8. The molecule has 3 aliphatic rings. The molecule has 0 radical (unpaired) electrons. The van der Waals surface area contributed by atoms with Gasteiger partial charge >= 0.3 is 12.3 Å². The van der Waals surface area contributed by atoms with E-state index in [1.807, 2.05) is 0 Å². The molecule has 1 atom stereocenters. The van der Waals surface area contributed by atoms with Crippen molar-refractivity contribution in [3.05, 3.63) is 18.3 Å². The van der Waals surface area contributed by atoms with Gasteiger partial charge in [-0.3, -0.25) is 4.79 Å². The first-order valence-corrected chi connectivity index (χ1v) is 9.22. The highest BCUT2D eigenvalue weighted by Gasteiger charge is 2.58. The normalized spacial score (nSPS) is 30.0. The van der Waals surface area contributed by atoms with Gasteiger partial charge in [0.15, 0.2) is 5.75 Å². The Labute approximate surface area is 161 Å². The largest absolute Gasteiger partial charge is 0.574 e. The lowest BCUT2D eigenvalue weighted by molar-refractivity contribution is -0.276. The van der Waals surface area contributed by atoms with Crippen LogP contribution >= 0.6 is 0 Å². The smallest absolute Gasteiger partial charge is 0.483 e. The second-order valence-electron chi connectivity index (χ2n) is 8.68. The lowest BCUT2D eigenvalue weighted by Gasteiger charge is -2.54. The van der Waals surface area contributed by atoms with Crippen LogP contribution in [0.25, 0.3) is 0 Å². The van der Waals surface area contributed by atoms with E-state index in [0.29, 0.717) is 25.7 Å². The molecule has 3 aliphatic carbocycles. The van der Waals surface area contributed by atoms with Gasteiger partial charge in [0.05, 0.1) is 11.0 Å². The summed E-state index contributed by atoms with van der Waals surface area (Å²) in [6, 6.07) is 2.80. The molecular weight excluding hydrogens is 377 g/mol. The van der Waals surface area contributed by atoms with E-state index in [4.69, 9.17) is 15.2 Å². The molecule has 1 aromatic rings. The van der Waals surface area contributed by atoms with Crippen molar-refractivity contribution in [1.29, 1.82) is 0 Å². The number of rotatable bonds is 4. The van der Waals surface area contributed by atoms with Crippen LogP contribution in [0, 0.1) is 5.41 Å². The van der Waals surface area contributed by atoms with Crippen molar-refractivity contribution in [2.24, 2.45) is 11.1 Å². The number of nitrogens with two attached hydrogens (primary N) is 1. The monoisotopic (exact) mass is 402 g/mol. The lowest BCUT2D eigenvalue weighted by Crippen LogP contribution is -2.65. The van der Waals surface area contributed by atoms with Crippen molar-refractivity contribution in [3.63, 3.8) is 0 Å². The van der Waals surface area contributed by atoms with Crippen molar-refractivity contribution < 1.29 is 32.2 Å². The molecule has 1 aromatic heterocycles. The molecule has 0 spiro atoms. The number of esters is 1. The number of fused-ring (bicyclic) bond motifs is 3. The summed E-state index contributed by atoms with van der Waals surface area (Å²) in [7, 11) is 0. The van der Waals surface area contributed by atoms with Gasteiger partial charge in [-0.15, -0.1) is 13.2 Å². The molecule has 0 aromatic carbocycles. The minimum atomic E-state index is -4.89. The molecule has 0 amide bonds. The summed E-state index contributed by atoms with van der Waals surface area (Å²) in [6.07, 6.45) is -1.91. The van der Waals surface area contributed by atoms with E-state index in [1.165, 1.54) is 18.3 Å². The van der Waals surface area contributed by atoms with E-state index in [9.17, 15) is 18.0 Å². The van der Waals surface area contributed by atoms with Crippen LogP contribution in [0.15, 0.2) is 18.3 Å². The Morgan fingerprint density at radius 2 is 1.86 bits per heavy atom. The average molecular weight is 402 g/mol. The Kier molecular flexibility index (Phi) is 5.02. The van der Waals surface area contributed by atoms with E-state index in [1.54, 1.807) is 20.8 Å². The molecule has 1 unspecified atom stereocenters. The predicted octanol–water partition coefficient (Wildman–Crippen LogP) is 3.73. The number of nitrogens with zero attached hydrogens (tertiary/aromatic N) is 1. The van der Waals surface area contributed by atoms with Crippen LogP contribution in [-0.2, 0) is 9.53 Å². The van der Waals surface area contributed by atoms with Gasteiger partial charge in [-0.1, -0.05) is 0 Å². The summed E-state index contributed by atoms with van der Waals surface area (Å²) in [5, 5.41) is 0. The zero-order valence-electron chi connectivity index (χ0n) is 16.1. The van der Waals surface area contributed by atoms with Crippen molar-refractivity contribution in [3.8, 4) is 11.6 Å². The quantitative estimate of drug-likeness (QED) is 0.773. The number of pyridine rings is 1. The van der Waals surface area contributed by atoms with Crippen LogP contribution in [0.4, 0.5) is 13.2 Å². The molecule has 3 saturated carbocycles. The first kappa shape index (κ1) is 20.7. The molecular formula is C19H25F3N2O4. The van der Waals surface area contributed by atoms with Crippen LogP contribution in [-0.4, -0.2) is 34.6 Å². The van der Waals surface area contributed by atoms with E-state index in [2.05, 4.69) is 9.72 Å². The van der Waals surface area contributed by atoms with E-state index >= 15 is 0 Å². The Morgan fingerprint density at radius 3 is 2.43 bits per heavy atom. The van der Waals surface area contributed by atoms with Crippen LogP contribution in [0.5, 0.6) is 11.6 Å². The highest BCUT2D eigenvalue weighted by molar-refractivity contribution is 5.78. The van der Waals surface area contributed by atoms with E-state index in [-0.39, 0.29) is 18.1 Å². The topological polar surface area (TPSA) is 83.7 Å². The number of halogens is 3. The lowest BCUT2D eigenvalue weighted by atomic mass is 9.56. The van der Waals surface area contributed by atoms with Crippen LogP contribution in [0.3, 0.4) is 0 Å². The molecule has 2 N–H and O–H groups in total. The minimum Gasteiger partial charge on any atom is -0.483 e. The number of aromatic nitrogens is 1. The molecule has 4 rings (SSSR count). The Bertz CT molecular complexity index is 737. The summed E-state index contributed by atoms with van der Waals surface area (Å²) in [6.45, 7) is 5.39. The first-order chi connectivity index (χ1) is 12.8. The Morgan fingerprint density at radius 1 is 1.21 bits per heavy atom. The van der Waals surface area contributed by atoms with Gasteiger partial charge in [0.25, 0.3) is 5.88 Å². The van der Waals surface area contributed by atoms with Gasteiger partial charge in [-0.2, -0.15) is 0 Å². The molecule has 0 aliphatic heterocycles. The standard InChI is InChI=1S/C19H25F3N2O4/c1-16(2,3)28-15(25)17-6-8-18(23,9-7-17)13(11-17)26-12-5-4-10-24-14(12)27-19(20,21)22/h4-5,10,13H,6-9,11,23H2,1-3H3. The molecule has 1 heterocycles. The maximum absolute atomic E-state index is 12.8. The molecule has 6 nitrogen and oxygen atoms in total. The number of carbonyl (C=O) groups is 1. The van der Waals surface area contributed by atoms with Crippen molar-refractivity contribution in [2.45, 2.75) is 76.5 Å². The fourth-order valence-corrected chi connectivity index (χ4v) is 3.92. The molecule has 0 saturated heterocycles. The van der Waals surface area contributed by atoms with E-state index in [0.717, 1.165) is 0 Å². The maximum Gasteiger partial charge on any atom is 0.574 e. The first-order valence-electron chi connectivity index (χ1n) is 9.22. The van der Waals surface area contributed by atoms with Crippen LogP contribution in [0.1, 0.15) is 52.9 Å². The van der Waals surface area contributed by atoms with Gasteiger partial charge in [0.2, 0.25) is 0 Å².